The molecule has 2 N–H and O–H groups in total. The molecule has 5 nitrogen and oxygen atoms in total. The van der Waals surface area contributed by atoms with Crippen LogP contribution >= 0.6 is 0 Å². The van der Waals surface area contributed by atoms with Crippen LogP contribution in [0.2, 0.25) is 0 Å². The van der Waals surface area contributed by atoms with E-state index in [0.717, 1.165) is 6.42 Å². The Morgan fingerprint density at radius 2 is 1.86 bits per heavy atom. The molecule has 2 atom stereocenters. The third-order valence-electron chi connectivity index (χ3n) is 4.32. The quantitative estimate of drug-likeness (QED) is 0.838. The third-order valence-corrected chi connectivity index (χ3v) is 4.32. The number of rotatable bonds is 4. The molecule has 2 unspecified atom stereocenters. The lowest BCUT2D eigenvalue weighted by atomic mass is 9.64. The number of ketones is 1. The molecular weight excluding hydrogens is 268 g/mol. The normalized spacial score (nSPS) is 23.0. The van der Waals surface area contributed by atoms with Crippen LogP contribution in [0.25, 0.3) is 0 Å². The number of nitrogens with one attached hydrogen (secondary N) is 2. The van der Waals surface area contributed by atoms with Gasteiger partial charge in [0.1, 0.15) is 0 Å². The van der Waals surface area contributed by atoms with Gasteiger partial charge in [0, 0.05) is 29.8 Å². The summed E-state index contributed by atoms with van der Waals surface area (Å²) in [6.07, 6.45) is 0.998. The minimum absolute atomic E-state index is 0.00725. The number of methoxy groups -OCH3 is 1. The second-order valence-corrected chi connectivity index (χ2v) is 6.07. The largest absolute Gasteiger partial charge is 0.381 e. The molecule has 1 fully saturated rings. The molecule has 1 aliphatic rings. The first-order chi connectivity index (χ1) is 9.84. The second kappa shape index (κ2) is 5.85. The maximum Gasteiger partial charge on any atom is 0.319 e. The van der Waals surface area contributed by atoms with Crippen molar-refractivity contribution in [3.63, 3.8) is 0 Å². The maximum atomic E-state index is 12.0. The highest BCUT2D eigenvalue weighted by molar-refractivity contribution is 5.95. The van der Waals surface area contributed by atoms with E-state index < -0.39 is 0 Å². The minimum atomic E-state index is -0.238. The second-order valence-electron chi connectivity index (χ2n) is 6.07. The van der Waals surface area contributed by atoms with E-state index in [1.54, 1.807) is 31.4 Å². The number of amides is 2. The van der Waals surface area contributed by atoms with E-state index in [9.17, 15) is 9.59 Å². The number of hydrogen-bond acceptors (Lipinski definition) is 3. The Labute approximate surface area is 125 Å². The molecule has 0 spiro atoms. The van der Waals surface area contributed by atoms with Gasteiger partial charge in [-0.15, -0.1) is 0 Å². The van der Waals surface area contributed by atoms with Crippen molar-refractivity contribution < 1.29 is 14.3 Å². The average Bonchev–Trinajstić information content (AvgIpc) is 2.43. The van der Waals surface area contributed by atoms with Crippen LogP contribution < -0.4 is 10.6 Å². The zero-order chi connectivity index (χ0) is 15.6. The summed E-state index contributed by atoms with van der Waals surface area (Å²) in [7, 11) is 1.69. The Morgan fingerprint density at radius 1 is 1.24 bits per heavy atom. The molecule has 0 aliphatic heterocycles. The molecule has 5 heteroatoms. The van der Waals surface area contributed by atoms with Gasteiger partial charge in [-0.2, -0.15) is 0 Å². The van der Waals surface area contributed by atoms with Gasteiger partial charge in [0.05, 0.1) is 6.10 Å². The highest BCUT2D eigenvalue weighted by Gasteiger charge is 2.49. The summed E-state index contributed by atoms with van der Waals surface area (Å²) in [5.74, 6) is 0.00725. The molecule has 1 aromatic carbocycles. The van der Waals surface area contributed by atoms with Gasteiger partial charge in [-0.1, -0.05) is 13.8 Å². The van der Waals surface area contributed by atoms with Crippen LogP contribution in [0.5, 0.6) is 0 Å². The van der Waals surface area contributed by atoms with Gasteiger partial charge in [-0.05, 0) is 37.6 Å². The number of benzene rings is 1. The van der Waals surface area contributed by atoms with Crippen LogP contribution in [0.4, 0.5) is 10.5 Å². The topological polar surface area (TPSA) is 67.4 Å². The van der Waals surface area contributed by atoms with Gasteiger partial charge in [0.2, 0.25) is 0 Å². The summed E-state index contributed by atoms with van der Waals surface area (Å²) in [6, 6.07) is 6.70. The van der Waals surface area contributed by atoms with Crippen molar-refractivity contribution in [2.24, 2.45) is 5.41 Å². The van der Waals surface area contributed by atoms with E-state index in [0.29, 0.717) is 11.3 Å². The first-order valence-electron chi connectivity index (χ1n) is 7.06. The average molecular weight is 290 g/mol. The van der Waals surface area contributed by atoms with Gasteiger partial charge in [-0.3, -0.25) is 4.79 Å². The van der Waals surface area contributed by atoms with Crippen molar-refractivity contribution in [2.45, 2.75) is 39.3 Å². The predicted molar refractivity (Wildman–Crippen MR) is 81.6 cm³/mol. The van der Waals surface area contributed by atoms with Gasteiger partial charge in [-0.25, -0.2) is 4.79 Å². The lowest BCUT2D eigenvalue weighted by Gasteiger charge is -2.51. The lowest BCUT2D eigenvalue weighted by Crippen LogP contribution is -2.62. The number of Topliss-reactive ketones (excluding diaryl/α,β-unsaturated/α-hetero) is 1. The van der Waals surface area contributed by atoms with Crippen molar-refractivity contribution >= 4 is 17.5 Å². The SMILES string of the molecule is COC1CC(NC(=O)Nc2ccc(C(C)=O)cc2)C1(C)C. The van der Waals surface area contributed by atoms with Crippen molar-refractivity contribution in [2.75, 3.05) is 12.4 Å². The molecule has 1 saturated carbocycles. The molecule has 0 radical (unpaired) electrons. The summed E-state index contributed by atoms with van der Waals surface area (Å²) in [5.41, 5.74) is 1.23. The van der Waals surface area contributed by atoms with Crippen LogP contribution in [-0.2, 0) is 4.74 Å². The highest BCUT2D eigenvalue weighted by Crippen LogP contribution is 2.42. The molecule has 0 aromatic heterocycles. The lowest BCUT2D eigenvalue weighted by molar-refractivity contribution is -0.0931. The molecule has 21 heavy (non-hydrogen) atoms. The highest BCUT2D eigenvalue weighted by atomic mass is 16.5. The molecule has 2 rings (SSSR count). The van der Waals surface area contributed by atoms with Crippen molar-refractivity contribution in [3.05, 3.63) is 29.8 Å². The van der Waals surface area contributed by atoms with E-state index in [1.807, 2.05) is 0 Å². The van der Waals surface area contributed by atoms with Gasteiger partial charge >= 0.3 is 6.03 Å². The molecule has 114 valence electrons. The summed E-state index contributed by atoms with van der Waals surface area (Å²) in [5, 5.41) is 5.74. The Bertz CT molecular complexity index is 537. The minimum Gasteiger partial charge on any atom is -0.381 e. The van der Waals surface area contributed by atoms with E-state index >= 15 is 0 Å². The van der Waals surface area contributed by atoms with E-state index in [1.165, 1.54) is 6.92 Å². The number of carbonyl (C=O) groups excluding carboxylic acids is 2. The standard InChI is InChI=1S/C16H22N2O3/c1-10(19)11-5-7-12(8-6-11)17-15(20)18-13-9-14(21-4)16(13,2)3/h5-8,13-14H,9H2,1-4H3,(H2,17,18,20). The monoisotopic (exact) mass is 290 g/mol. The number of hydrogen-bond donors (Lipinski definition) is 2. The van der Waals surface area contributed by atoms with Crippen LogP contribution in [0.1, 0.15) is 37.6 Å². The Kier molecular flexibility index (Phi) is 4.32. The van der Waals surface area contributed by atoms with Gasteiger partial charge in [0.15, 0.2) is 5.78 Å². The first-order valence-corrected chi connectivity index (χ1v) is 7.06. The maximum absolute atomic E-state index is 12.0. The Balaban J connectivity index is 1.89. The van der Waals surface area contributed by atoms with E-state index in [4.69, 9.17) is 4.74 Å². The summed E-state index contributed by atoms with van der Waals surface area (Å²) >= 11 is 0. The van der Waals surface area contributed by atoms with Crippen LogP contribution in [0, 0.1) is 5.41 Å². The van der Waals surface area contributed by atoms with E-state index in [2.05, 4.69) is 24.5 Å². The molecule has 1 aromatic rings. The van der Waals surface area contributed by atoms with Crippen molar-refractivity contribution in [3.8, 4) is 0 Å². The predicted octanol–water partition coefficient (Wildman–Crippen LogP) is 2.82. The number of ether oxygens (including phenoxy) is 1. The van der Waals surface area contributed by atoms with Crippen LogP contribution in [-0.4, -0.2) is 31.1 Å². The molecule has 1 aliphatic carbocycles. The Hall–Kier alpha value is -1.88. The summed E-state index contributed by atoms with van der Waals surface area (Å²) in [4.78, 5) is 23.2. The zero-order valence-electron chi connectivity index (χ0n) is 12.9. The fraction of sp³-hybridized carbons (Fsp3) is 0.500. The summed E-state index contributed by atoms with van der Waals surface area (Å²) < 4.78 is 5.36. The van der Waals surface area contributed by atoms with Gasteiger partial charge in [0.25, 0.3) is 0 Å². The molecule has 0 bridgehead atoms. The van der Waals surface area contributed by atoms with Crippen LogP contribution in [0.15, 0.2) is 24.3 Å². The fourth-order valence-corrected chi connectivity index (χ4v) is 2.64. The van der Waals surface area contributed by atoms with Crippen molar-refractivity contribution in [1.82, 2.24) is 5.32 Å². The Morgan fingerprint density at radius 3 is 2.33 bits per heavy atom. The molecule has 0 heterocycles. The number of anilines is 1. The first kappa shape index (κ1) is 15.5. The smallest absolute Gasteiger partial charge is 0.319 e. The fourth-order valence-electron chi connectivity index (χ4n) is 2.64. The third kappa shape index (κ3) is 3.24. The molecule has 0 saturated heterocycles. The van der Waals surface area contributed by atoms with E-state index in [-0.39, 0.29) is 29.4 Å². The molecular formula is C16H22N2O3. The number of urea groups is 1. The van der Waals surface area contributed by atoms with Gasteiger partial charge < -0.3 is 15.4 Å². The van der Waals surface area contributed by atoms with Crippen LogP contribution in [0.3, 0.4) is 0 Å². The molecule has 2 amide bonds. The van der Waals surface area contributed by atoms with Crippen molar-refractivity contribution in [1.29, 1.82) is 0 Å². The zero-order valence-corrected chi connectivity index (χ0v) is 12.9. The number of carbonyl (C=O) groups is 2. The summed E-state index contributed by atoms with van der Waals surface area (Å²) in [6.45, 7) is 5.68.